The van der Waals surface area contributed by atoms with E-state index in [1.54, 1.807) is 36.4 Å². The van der Waals surface area contributed by atoms with Crippen LogP contribution < -0.4 is 9.92 Å². The number of aryl methyl sites for hydroxylation is 1. The third kappa shape index (κ3) is 4.12. The van der Waals surface area contributed by atoms with Crippen LogP contribution in [0.2, 0.25) is 0 Å². The molecule has 0 radical (unpaired) electrons. The number of nitrogen functional groups attached to an aromatic ring is 1. The lowest BCUT2D eigenvalue weighted by Gasteiger charge is -2.11. The zero-order chi connectivity index (χ0) is 20.3. The summed E-state index contributed by atoms with van der Waals surface area (Å²) in [4.78, 5) is 15.6. The summed E-state index contributed by atoms with van der Waals surface area (Å²) in [5.41, 5.74) is 8.41. The van der Waals surface area contributed by atoms with E-state index in [4.69, 9.17) is 9.92 Å². The van der Waals surface area contributed by atoms with Crippen LogP contribution in [0.3, 0.4) is 0 Å². The molecule has 2 aromatic carbocycles. The number of carbonyl (C=O) groups is 1. The summed E-state index contributed by atoms with van der Waals surface area (Å²) in [6.45, 7) is 1.86. The summed E-state index contributed by atoms with van der Waals surface area (Å²) in [6.07, 6.45) is 1.49. The number of aromatic nitrogens is 1. The minimum atomic E-state index is -4.05. The van der Waals surface area contributed by atoms with Gasteiger partial charge in [-0.25, -0.2) is 9.78 Å². The topological polar surface area (TPSA) is 109 Å². The molecule has 0 fully saturated rings. The van der Waals surface area contributed by atoms with Crippen LogP contribution in [0.15, 0.2) is 65.7 Å². The smallest absolute Gasteiger partial charge is 0.339 e. The number of hydrogen-bond donors (Lipinski definition) is 1. The second-order valence-electron chi connectivity index (χ2n) is 6.03. The molecular weight excluding hydrogens is 380 g/mol. The Bertz CT molecular complexity index is 1110. The van der Waals surface area contributed by atoms with Crippen molar-refractivity contribution in [2.45, 2.75) is 11.8 Å². The van der Waals surface area contributed by atoms with Gasteiger partial charge in [-0.2, -0.15) is 8.42 Å². The predicted octanol–water partition coefficient (Wildman–Crippen LogP) is 3.19. The molecule has 0 bridgehead atoms. The summed E-state index contributed by atoms with van der Waals surface area (Å²) >= 11 is 0. The number of nitrogens with two attached hydrogens (primary N) is 1. The van der Waals surface area contributed by atoms with Crippen molar-refractivity contribution >= 4 is 21.9 Å². The normalized spacial score (nSPS) is 11.1. The molecule has 0 aliphatic carbocycles. The lowest BCUT2D eigenvalue weighted by atomic mass is 10.1. The Labute approximate surface area is 162 Å². The quantitative estimate of drug-likeness (QED) is 0.519. The van der Waals surface area contributed by atoms with Gasteiger partial charge in [0.05, 0.1) is 12.7 Å². The maximum absolute atomic E-state index is 12.5. The molecule has 1 heterocycles. The van der Waals surface area contributed by atoms with Crippen molar-refractivity contribution in [2.75, 3.05) is 12.8 Å². The van der Waals surface area contributed by atoms with E-state index in [9.17, 15) is 13.2 Å². The minimum Gasteiger partial charge on any atom is -0.465 e. The summed E-state index contributed by atoms with van der Waals surface area (Å²) in [6, 6.07) is 14.3. The van der Waals surface area contributed by atoms with Gasteiger partial charge in [-0.1, -0.05) is 29.8 Å². The van der Waals surface area contributed by atoms with Gasteiger partial charge in [-0.3, -0.25) is 0 Å². The number of esters is 1. The van der Waals surface area contributed by atoms with E-state index in [1.165, 1.54) is 31.5 Å². The predicted molar refractivity (Wildman–Crippen MR) is 104 cm³/mol. The third-order valence-electron chi connectivity index (χ3n) is 4.03. The van der Waals surface area contributed by atoms with Gasteiger partial charge in [-0.15, -0.1) is 0 Å². The molecule has 2 N–H and O–H groups in total. The van der Waals surface area contributed by atoms with E-state index in [1.807, 2.05) is 6.92 Å². The first-order valence-electron chi connectivity index (χ1n) is 8.25. The molecule has 0 atom stereocenters. The fraction of sp³-hybridized carbons (Fsp3) is 0.100. The number of benzene rings is 2. The molecule has 3 aromatic rings. The Morgan fingerprint density at radius 1 is 1.00 bits per heavy atom. The van der Waals surface area contributed by atoms with Crippen molar-refractivity contribution in [3.63, 3.8) is 0 Å². The standard InChI is InChI=1S/C20H18N2O5S/c1-13-3-9-17(10-4-13)28(24,25)27-18-11-16(12-22-19(18)21)14-5-7-15(8-6-14)20(23)26-2/h3-12H,1-2H3,(H2,21,22). The summed E-state index contributed by atoms with van der Waals surface area (Å²) < 4.78 is 34.9. The van der Waals surface area contributed by atoms with E-state index < -0.39 is 16.1 Å². The highest BCUT2D eigenvalue weighted by Gasteiger charge is 2.19. The van der Waals surface area contributed by atoms with Gasteiger partial charge < -0.3 is 14.7 Å². The highest BCUT2D eigenvalue weighted by Crippen LogP contribution is 2.29. The lowest BCUT2D eigenvalue weighted by molar-refractivity contribution is 0.0600. The Kier molecular flexibility index (Phi) is 5.32. The highest BCUT2D eigenvalue weighted by atomic mass is 32.2. The second-order valence-corrected chi connectivity index (χ2v) is 7.57. The first-order chi connectivity index (χ1) is 13.3. The molecule has 0 amide bonds. The van der Waals surface area contributed by atoms with Gasteiger partial charge in [0.2, 0.25) is 0 Å². The molecule has 0 unspecified atom stereocenters. The van der Waals surface area contributed by atoms with Gasteiger partial charge in [0.25, 0.3) is 0 Å². The van der Waals surface area contributed by atoms with E-state index in [0.29, 0.717) is 16.7 Å². The van der Waals surface area contributed by atoms with Crippen LogP contribution in [0, 0.1) is 6.92 Å². The van der Waals surface area contributed by atoms with E-state index >= 15 is 0 Å². The molecular formula is C20H18N2O5S. The van der Waals surface area contributed by atoms with Crippen molar-refractivity contribution in [2.24, 2.45) is 0 Å². The van der Waals surface area contributed by atoms with E-state index in [2.05, 4.69) is 9.72 Å². The number of pyridine rings is 1. The van der Waals surface area contributed by atoms with Crippen molar-refractivity contribution in [1.29, 1.82) is 0 Å². The molecule has 0 saturated heterocycles. The molecule has 8 heteroatoms. The number of methoxy groups -OCH3 is 1. The number of carbonyl (C=O) groups excluding carboxylic acids is 1. The average molecular weight is 398 g/mol. The molecule has 1 aromatic heterocycles. The fourth-order valence-electron chi connectivity index (χ4n) is 2.47. The van der Waals surface area contributed by atoms with Gasteiger partial charge in [0.15, 0.2) is 11.6 Å². The summed E-state index contributed by atoms with van der Waals surface area (Å²) in [7, 11) is -2.75. The lowest BCUT2D eigenvalue weighted by Crippen LogP contribution is -2.11. The Balaban J connectivity index is 1.91. The molecule has 28 heavy (non-hydrogen) atoms. The first kappa shape index (κ1) is 19.4. The van der Waals surface area contributed by atoms with Crippen molar-refractivity contribution in [1.82, 2.24) is 4.98 Å². The van der Waals surface area contributed by atoms with Gasteiger partial charge in [-0.05, 0) is 42.8 Å². The van der Waals surface area contributed by atoms with Crippen molar-refractivity contribution in [3.8, 4) is 16.9 Å². The molecule has 144 valence electrons. The number of anilines is 1. The summed E-state index contributed by atoms with van der Waals surface area (Å²) in [5.74, 6) is -0.573. The van der Waals surface area contributed by atoms with E-state index in [-0.39, 0.29) is 16.5 Å². The zero-order valence-corrected chi connectivity index (χ0v) is 16.1. The maximum Gasteiger partial charge on any atom is 0.339 e. The maximum atomic E-state index is 12.5. The molecule has 0 saturated carbocycles. The number of ether oxygens (including phenoxy) is 1. The number of hydrogen-bond acceptors (Lipinski definition) is 7. The third-order valence-corrected chi connectivity index (χ3v) is 5.28. The van der Waals surface area contributed by atoms with Crippen LogP contribution in [0.1, 0.15) is 15.9 Å². The van der Waals surface area contributed by atoms with Crippen molar-refractivity contribution < 1.29 is 22.1 Å². The zero-order valence-electron chi connectivity index (χ0n) is 15.2. The Morgan fingerprint density at radius 2 is 1.64 bits per heavy atom. The van der Waals surface area contributed by atoms with Crippen LogP contribution in [0.25, 0.3) is 11.1 Å². The molecule has 0 aliphatic rings. The largest absolute Gasteiger partial charge is 0.465 e. The monoisotopic (exact) mass is 398 g/mol. The Morgan fingerprint density at radius 3 is 2.25 bits per heavy atom. The summed E-state index contributed by atoms with van der Waals surface area (Å²) in [5, 5.41) is 0. The average Bonchev–Trinajstić information content (AvgIpc) is 2.69. The molecule has 7 nitrogen and oxygen atoms in total. The molecule has 0 spiro atoms. The van der Waals surface area contributed by atoms with E-state index in [0.717, 1.165) is 5.56 Å². The molecule has 0 aliphatic heterocycles. The van der Waals surface area contributed by atoms with Crippen LogP contribution in [-0.2, 0) is 14.9 Å². The van der Waals surface area contributed by atoms with Crippen LogP contribution in [0.5, 0.6) is 5.75 Å². The van der Waals surface area contributed by atoms with Crippen molar-refractivity contribution in [3.05, 3.63) is 71.9 Å². The Hall–Kier alpha value is -3.39. The van der Waals surface area contributed by atoms with Gasteiger partial charge in [0.1, 0.15) is 4.90 Å². The van der Waals surface area contributed by atoms with Crippen LogP contribution in [0.4, 0.5) is 5.82 Å². The van der Waals surface area contributed by atoms with Crippen LogP contribution >= 0.6 is 0 Å². The second kappa shape index (κ2) is 7.69. The van der Waals surface area contributed by atoms with Gasteiger partial charge in [0, 0.05) is 11.8 Å². The number of nitrogens with zero attached hydrogens (tertiary/aromatic N) is 1. The van der Waals surface area contributed by atoms with Crippen LogP contribution in [-0.4, -0.2) is 26.5 Å². The first-order valence-corrected chi connectivity index (χ1v) is 9.66. The van der Waals surface area contributed by atoms with Gasteiger partial charge >= 0.3 is 16.1 Å². The SMILES string of the molecule is COC(=O)c1ccc(-c2cnc(N)c(OS(=O)(=O)c3ccc(C)cc3)c2)cc1. The fourth-order valence-corrected chi connectivity index (χ4v) is 3.40. The minimum absolute atomic E-state index is 0.0188. The highest BCUT2D eigenvalue weighted by molar-refractivity contribution is 7.87. The molecule has 3 rings (SSSR count). The number of rotatable bonds is 5.